The van der Waals surface area contributed by atoms with Crippen molar-refractivity contribution in [1.29, 1.82) is 0 Å². The monoisotopic (exact) mass is 362 g/mol. The molecule has 1 aliphatic rings. The topological polar surface area (TPSA) is 58.6 Å². The Morgan fingerprint density at radius 2 is 2.15 bits per heavy atom. The third-order valence-corrected chi connectivity index (χ3v) is 5.44. The highest BCUT2D eigenvalue weighted by Crippen LogP contribution is 2.27. The van der Waals surface area contributed by atoms with Crippen molar-refractivity contribution in [3.05, 3.63) is 22.7 Å². The summed E-state index contributed by atoms with van der Waals surface area (Å²) in [5.74, 6) is 0.609. The normalized spacial score (nSPS) is 15.6. The molecule has 20 heavy (non-hydrogen) atoms. The molecular weight excluding hydrogens is 344 g/mol. The van der Waals surface area contributed by atoms with E-state index >= 15 is 0 Å². The van der Waals surface area contributed by atoms with Crippen LogP contribution in [0, 0.1) is 0 Å². The second kappa shape index (κ2) is 6.43. The van der Waals surface area contributed by atoms with Crippen LogP contribution in [0.2, 0.25) is 0 Å². The maximum absolute atomic E-state index is 12.2. The molecule has 112 valence electrons. The van der Waals surface area contributed by atoms with E-state index < -0.39 is 10.0 Å². The Morgan fingerprint density at radius 1 is 1.45 bits per heavy atom. The molecule has 0 bridgehead atoms. The fraction of sp³-hybridized carbons (Fsp3) is 0.538. The number of methoxy groups -OCH3 is 1. The predicted octanol–water partition coefficient (Wildman–Crippen LogP) is 1.83. The number of ether oxygens (including phenoxy) is 1. The van der Waals surface area contributed by atoms with Crippen LogP contribution in [0.25, 0.3) is 0 Å². The van der Waals surface area contributed by atoms with Crippen LogP contribution in [-0.2, 0) is 10.0 Å². The van der Waals surface area contributed by atoms with Gasteiger partial charge in [0.1, 0.15) is 5.75 Å². The second-order valence-corrected chi connectivity index (χ2v) is 7.53. The average Bonchev–Trinajstić information content (AvgIpc) is 3.22. The largest absolute Gasteiger partial charge is 0.496 e. The van der Waals surface area contributed by atoms with Gasteiger partial charge in [-0.2, -0.15) is 0 Å². The van der Waals surface area contributed by atoms with Crippen LogP contribution in [-0.4, -0.2) is 46.6 Å². The third-order valence-electron chi connectivity index (χ3n) is 3.36. The zero-order valence-electron chi connectivity index (χ0n) is 11.6. The summed E-state index contributed by atoms with van der Waals surface area (Å²) >= 11 is 3.29. The number of rotatable bonds is 7. The highest BCUT2D eigenvalue weighted by atomic mass is 79.9. The van der Waals surface area contributed by atoms with Gasteiger partial charge in [-0.05, 0) is 54.0 Å². The molecule has 1 fully saturated rings. The standard InChI is InChI=1S/C13H19BrN2O3S/c1-16(10-3-4-10)8-7-15-20(17,18)11-5-6-13(19-2)12(14)9-11/h5-6,9-10,15H,3-4,7-8H2,1-2H3. The number of benzene rings is 1. The molecule has 0 heterocycles. The summed E-state index contributed by atoms with van der Waals surface area (Å²) in [7, 11) is 0.0947. The van der Waals surface area contributed by atoms with Crippen molar-refractivity contribution in [1.82, 2.24) is 9.62 Å². The highest BCUT2D eigenvalue weighted by Gasteiger charge is 2.26. The molecule has 0 saturated heterocycles. The fourth-order valence-corrected chi connectivity index (χ4v) is 3.69. The number of hydrogen-bond donors (Lipinski definition) is 1. The van der Waals surface area contributed by atoms with Gasteiger partial charge < -0.3 is 9.64 Å². The molecule has 0 radical (unpaired) electrons. The van der Waals surface area contributed by atoms with Crippen molar-refractivity contribution in [2.24, 2.45) is 0 Å². The number of hydrogen-bond acceptors (Lipinski definition) is 4. The van der Waals surface area contributed by atoms with E-state index in [1.54, 1.807) is 19.2 Å². The third kappa shape index (κ3) is 3.94. The van der Waals surface area contributed by atoms with E-state index in [-0.39, 0.29) is 4.90 Å². The molecule has 1 aromatic carbocycles. The zero-order chi connectivity index (χ0) is 14.8. The Balaban J connectivity index is 1.96. The number of nitrogens with zero attached hydrogens (tertiary/aromatic N) is 1. The molecule has 1 aliphatic carbocycles. The molecule has 0 atom stereocenters. The molecule has 0 aromatic heterocycles. The predicted molar refractivity (Wildman–Crippen MR) is 81.5 cm³/mol. The SMILES string of the molecule is COc1ccc(S(=O)(=O)NCCN(C)C2CC2)cc1Br. The lowest BCUT2D eigenvalue weighted by atomic mass is 10.3. The Kier molecular flexibility index (Phi) is 5.06. The molecule has 1 N–H and O–H groups in total. The van der Waals surface area contributed by atoms with Gasteiger partial charge in [0.2, 0.25) is 10.0 Å². The quantitative estimate of drug-likeness (QED) is 0.803. The Hall–Kier alpha value is -0.630. The molecule has 1 aromatic rings. The first-order valence-electron chi connectivity index (χ1n) is 6.47. The molecule has 0 unspecified atom stereocenters. The molecule has 2 rings (SSSR count). The van der Waals surface area contributed by atoms with Gasteiger partial charge in [0.05, 0.1) is 16.5 Å². The Morgan fingerprint density at radius 3 is 2.70 bits per heavy atom. The maximum atomic E-state index is 12.2. The van der Waals surface area contributed by atoms with Crippen molar-refractivity contribution in [3.8, 4) is 5.75 Å². The fourth-order valence-electron chi connectivity index (χ4n) is 1.95. The van der Waals surface area contributed by atoms with Crippen LogP contribution in [0.3, 0.4) is 0 Å². The minimum Gasteiger partial charge on any atom is -0.496 e. The van der Waals surface area contributed by atoms with Crippen molar-refractivity contribution < 1.29 is 13.2 Å². The van der Waals surface area contributed by atoms with Gasteiger partial charge >= 0.3 is 0 Å². The summed E-state index contributed by atoms with van der Waals surface area (Å²) in [5.41, 5.74) is 0. The Bertz CT molecular complexity index is 573. The molecule has 1 saturated carbocycles. The van der Waals surface area contributed by atoms with Gasteiger partial charge in [-0.3, -0.25) is 0 Å². The van der Waals surface area contributed by atoms with E-state index in [1.807, 2.05) is 7.05 Å². The van der Waals surface area contributed by atoms with Crippen LogP contribution in [0.15, 0.2) is 27.6 Å². The number of halogens is 1. The van der Waals surface area contributed by atoms with Gasteiger partial charge in [-0.15, -0.1) is 0 Å². The molecular formula is C13H19BrN2O3S. The van der Waals surface area contributed by atoms with Gasteiger partial charge in [-0.25, -0.2) is 13.1 Å². The van der Waals surface area contributed by atoms with E-state index in [9.17, 15) is 8.42 Å². The van der Waals surface area contributed by atoms with E-state index in [4.69, 9.17) is 4.74 Å². The zero-order valence-corrected chi connectivity index (χ0v) is 14.0. The highest BCUT2D eigenvalue weighted by molar-refractivity contribution is 9.10. The van der Waals surface area contributed by atoms with Crippen molar-refractivity contribution in [3.63, 3.8) is 0 Å². The van der Waals surface area contributed by atoms with Crippen molar-refractivity contribution in [2.45, 2.75) is 23.8 Å². The summed E-state index contributed by atoms with van der Waals surface area (Å²) in [5, 5.41) is 0. The molecule has 7 heteroatoms. The first-order valence-corrected chi connectivity index (χ1v) is 8.75. The summed E-state index contributed by atoms with van der Waals surface area (Å²) in [6.45, 7) is 1.14. The summed E-state index contributed by atoms with van der Waals surface area (Å²) in [4.78, 5) is 2.42. The summed E-state index contributed by atoms with van der Waals surface area (Å²) < 4.78 is 32.7. The number of likely N-dealkylation sites (N-methyl/N-ethyl adjacent to an activating group) is 1. The first kappa shape index (κ1) is 15.8. The smallest absolute Gasteiger partial charge is 0.240 e. The van der Waals surface area contributed by atoms with E-state index in [0.717, 1.165) is 6.54 Å². The van der Waals surface area contributed by atoms with Crippen molar-refractivity contribution >= 4 is 26.0 Å². The van der Waals surface area contributed by atoms with Crippen LogP contribution in [0.1, 0.15) is 12.8 Å². The minimum atomic E-state index is -3.47. The molecule has 0 amide bonds. The lowest BCUT2D eigenvalue weighted by Gasteiger charge is -2.16. The van der Waals surface area contributed by atoms with Gasteiger partial charge in [-0.1, -0.05) is 0 Å². The summed E-state index contributed by atoms with van der Waals surface area (Å²) in [6, 6.07) is 5.35. The minimum absolute atomic E-state index is 0.235. The van der Waals surface area contributed by atoms with Gasteiger partial charge in [0.15, 0.2) is 0 Å². The van der Waals surface area contributed by atoms with Crippen molar-refractivity contribution in [2.75, 3.05) is 27.2 Å². The molecule has 5 nitrogen and oxygen atoms in total. The Labute approximate surface area is 128 Å². The second-order valence-electron chi connectivity index (χ2n) is 4.91. The van der Waals surface area contributed by atoms with Gasteiger partial charge in [0.25, 0.3) is 0 Å². The van der Waals surface area contributed by atoms with Crippen LogP contribution in [0.5, 0.6) is 5.75 Å². The number of sulfonamides is 1. The van der Waals surface area contributed by atoms with Crippen LogP contribution < -0.4 is 9.46 Å². The van der Waals surface area contributed by atoms with E-state index in [2.05, 4.69) is 25.6 Å². The summed E-state index contributed by atoms with van der Waals surface area (Å²) in [6.07, 6.45) is 2.43. The van der Waals surface area contributed by atoms with Gasteiger partial charge in [0, 0.05) is 19.1 Å². The first-order chi connectivity index (χ1) is 9.44. The van der Waals surface area contributed by atoms with E-state index in [1.165, 1.54) is 18.9 Å². The molecule has 0 aliphatic heterocycles. The number of nitrogens with one attached hydrogen (secondary N) is 1. The lowest BCUT2D eigenvalue weighted by molar-refractivity contribution is 0.329. The lowest BCUT2D eigenvalue weighted by Crippen LogP contribution is -2.34. The molecule has 0 spiro atoms. The van der Waals surface area contributed by atoms with E-state index in [0.29, 0.717) is 22.8 Å². The maximum Gasteiger partial charge on any atom is 0.240 e. The van der Waals surface area contributed by atoms with Crippen LogP contribution in [0.4, 0.5) is 0 Å². The van der Waals surface area contributed by atoms with Crippen LogP contribution >= 0.6 is 15.9 Å². The average molecular weight is 363 g/mol.